The molecule has 2 aromatic rings. The normalized spacial score (nSPS) is 10.2. The van der Waals surface area contributed by atoms with Crippen molar-refractivity contribution in [1.29, 1.82) is 0 Å². The van der Waals surface area contributed by atoms with Gasteiger partial charge in [0.25, 0.3) is 5.91 Å². The Morgan fingerprint density at radius 1 is 1.32 bits per heavy atom. The summed E-state index contributed by atoms with van der Waals surface area (Å²) in [5.41, 5.74) is 6.70. The topological polar surface area (TPSA) is 106 Å². The molecule has 0 saturated carbocycles. The molecule has 6 nitrogen and oxygen atoms in total. The van der Waals surface area contributed by atoms with Gasteiger partial charge in [-0.15, -0.1) is 0 Å². The van der Waals surface area contributed by atoms with Crippen LogP contribution in [-0.2, 0) is 0 Å². The summed E-state index contributed by atoms with van der Waals surface area (Å²) < 4.78 is 5.04. The van der Waals surface area contributed by atoms with E-state index in [-0.39, 0.29) is 17.0 Å². The number of hydrogen-bond acceptors (Lipinski definition) is 4. The number of aryl methyl sites for hydroxylation is 1. The lowest BCUT2D eigenvalue weighted by Crippen LogP contribution is -2.15. The van der Waals surface area contributed by atoms with Crippen molar-refractivity contribution in [2.75, 3.05) is 11.1 Å². The highest BCUT2D eigenvalue weighted by molar-refractivity contribution is 6.07. The molecule has 6 heteroatoms. The minimum Gasteiger partial charge on any atom is -0.478 e. The van der Waals surface area contributed by atoms with Gasteiger partial charge in [-0.1, -0.05) is 0 Å². The van der Waals surface area contributed by atoms with Crippen molar-refractivity contribution >= 4 is 23.3 Å². The standard InChI is InChI=1S/C13H12N2O4/c1-7-4-5-19-11(7)12(16)15-10-6-8(14)2-3-9(10)13(17)18/h2-6H,14H2,1H3,(H,15,16)(H,17,18). The Hall–Kier alpha value is -2.76. The number of aromatic carboxylic acids is 1. The molecule has 0 fully saturated rings. The van der Waals surface area contributed by atoms with Crippen molar-refractivity contribution in [1.82, 2.24) is 0 Å². The number of rotatable bonds is 3. The molecule has 0 unspecified atom stereocenters. The van der Waals surface area contributed by atoms with Gasteiger partial charge in [-0.25, -0.2) is 4.79 Å². The number of carbonyl (C=O) groups is 2. The number of furan rings is 1. The van der Waals surface area contributed by atoms with Crippen LogP contribution in [0.25, 0.3) is 0 Å². The monoisotopic (exact) mass is 260 g/mol. The Bertz CT molecular complexity index is 646. The van der Waals surface area contributed by atoms with Crippen LogP contribution in [0, 0.1) is 6.92 Å². The van der Waals surface area contributed by atoms with E-state index in [4.69, 9.17) is 15.3 Å². The molecule has 0 aliphatic rings. The highest BCUT2D eigenvalue weighted by Crippen LogP contribution is 2.21. The summed E-state index contributed by atoms with van der Waals surface area (Å²) in [4.78, 5) is 23.0. The van der Waals surface area contributed by atoms with Crippen LogP contribution >= 0.6 is 0 Å². The number of nitrogens with one attached hydrogen (secondary N) is 1. The fourth-order valence-corrected chi connectivity index (χ4v) is 1.64. The van der Waals surface area contributed by atoms with Crippen molar-refractivity contribution in [3.8, 4) is 0 Å². The third-order valence-corrected chi connectivity index (χ3v) is 2.59. The first-order valence-electron chi connectivity index (χ1n) is 5.47. The molecule has 0 atom stereocenters. The molecule has 19 heavy (non-hydrogen) atoms. The van der Waals surface area contributed by atoms with E-state index in [1.54, 1.807) is 13.0 Å². The molecular formula is C13H12N2O4. The van der Waals surface area contributed by atoms with E-state index < -0.39 is 11.9 Å². The first-order valence-corrected chi connectivity index (χ1v) is 5.47. The zero-order valence-corrected chi connectivity index (χ0v) is 10.1. The van der Waals surface area contributed by atoms with Crippen LogP contribution in [0.15, 0.2) is 34.9 Å². The van der Waals surface area contributed by atoms with Gasteiger partial charge in [0.05, 0.1) is 17.5 Å². The second-order valence-electron chi connectivity index (χ2n) is 4.00. The minimum atomic E-state index is -1.15. The Labute approximate surface area is 108 Å². The highest BCUT2D eigenvalue weighted by atomic mass is 16.4. The molecule has 1 amide bonds. The number of nitrogens with two attached hydrogens (primary N) is 1. The van der Waals surface area contributed by atoms with Crippen molar-refractivity contribution in [2.45, 2.75) is 6.92 Å². The van der Waals surface area contributed by atoms with E-state index in [9.17, 15) is 9.59 Å². The fraction of sp³-hybridized carbons (Fsp3) is 0.0769. The molecule has 0 saturated heterocycles. The zero-order chi connectivity index (χ0) is 14.0. The first kappa shape index (κ1) is 12.7. The van der Waals surface area contributed by atoms with Gasteiger partial charge in [-0.05, 0) is 31.2 Å². The van der Waals surface area contributed by atoms with Crippen molar-refractivity contribution in [2.24, 2.45) is 0 Å². The summed E-state index contributed by atoms with van der Waals surface area (Å²) in [6.45, 7) is 1.72. The highest BCUT2D eigenvalue weighted by Gasteiger charge is 2.17. The van der Waals surface area contributed by atoms with Crippen LogP contribution in [0.5, 0.6) is 0 Å². The average molecular weight is 260 g/mol. The van der Waals surface area contributed by atoms with Crippen molar-refractivity contribution < 1.29 is 19.1 Å². The summed E-state index contributed by atoms with van der Waals surface area (Å²) in [5.74, 6) is -1.53. The lowest BCUT2D eigenvalue weighted by Gasteiger charge is -2.08. The second kappa shape index (κ2) is 4.85. The predicted octanol–water partition coefficient (Wildman–Crippen LogP) is 2.12. The van der Waals surface area contributed by atoms with Gasteiger partial charge in [0.1, 0.15) is 0 Å². The van der Waals surface area contributed by atoms with Crippen LogP contribution < -0.4 is 11.1 Å². The quantitative estimate of drug-likeness (QED) is 0.733. The van der Waals surface area contributed by atoms with Gasteiger partial charge >= 0.3 is 5.97 Å². The Morgan fingerprint density at radius 3 is 2.63 bits per heavy atom. The minimum absolute atomic E-state index is 0.0354. The molecule has 1 aromatic heterocycles. The molecule has 0 spiro atoms. The number of hydrogen-bond donors (Lipinski definition) is 3. The smallest absolute Gasteiger partial charge is 0.337 e. The third kappa shape index (κ3) is 2.57. The summed E-state index contributed by atoms with van der Waals surface area (Å²) in [6.07, 6.45) is 1.39. The van der Waals surface area contributed by atoms with E-state index in [0.29, 0.717) is 11.3 Å². The maximum Gasteiger partial charge on any atom is 0.337 e. The summed E-state index contributed by atoms with van der Waals surface area (Å²) in [7, 11) is 0. The number of carboxylic acid groups (broad SMARTS) is 1. The van der Waals surface area contributed by atoms with Gasteiger partial charge in [0.15, 0.2) is 5.76 Å². The molecule has 4 N–H and O–H groups in total. The SMILES string of the molecule is Cc1ccoc1C(=O)Nc1cc(N)ccc1C(=O)O. The van der Waals surface area contributed by atoms with Gasteiger partial charge in [-0.3, -0.25) is 4.79 Å². The number of carbonyl (C=O) groups excluding carboxylic acids is 1. The molecule has 2 rings (SSSR count). The van der Waals surface area contributed by atoms with Crippen LogP contribution in [0.4, 0.5) is 11.4 Å². The second-order valence-corrected chi connectivity index (χ2v) is 4.00. The number of carboxylic acids is 1. The maximum absolute atomic E-state index is 11.9. The van der Waals surface area contributed by atoms with Crippen molar-refractivity contribution in [3.63, 3.8) is 0 Å². The Morgan fingerprint density at radius 2 is 2.05 bits per heavy atom. The molecule has 98 valence electrons. The first-order chi connectivity index (χ1) is 8.99. The van der Waals surface area contributed by atoms with E-state index in [1.807, 2.05) is 0 Å². The lowest BCUT2D eigenvalue weighted by molar-refractivity contribution is 0.0698. The van der Waals surface area contributed by atoms with Crippen LogP contribution in [0.1, 0.15) is 26.5 Å². The maximum atomic E-state index is 11.9. The third-order valence-electron chi connectivity index (χ3n) is 2.59. The van der Waals surface area contributed by atoms with Crippen LogP contribution in [-0.4, -0.2) is 17.0 Å². The molecule has 0 radical (unpaired) electrons. The van der Waals surface area contributed by atoms with E-state index in [0.717, 1.165) is 0 Å². The fourth-order valence-electron chi connectivity index (χ4n) is 1.64. The lowest BCUT2D eigenvalue weighted by atomic mass is 10.1. The number of nitrogen functional groups attached to an aromatic ring is 1. The summed E-state index contributed by atoms with van der Waals surface area (Å²) >= 11 is 0. The van der Waals surface area contributed by atoms with Crippen LogP contribution in [0.3, 0.4) is 0 Å². The number of anilines is 2. The largest absolute Gasteiger partial charge is 0.478 e. The van der Waals surface area contributed by atoms with E-state index >= 15 is 0 Å². The summed E-state index contributed by atoms with van der Waals surface area (Å²) in [5, 5.41) is 11.5. The zero-order valence-electron chi connectivity index (χ0n) is 10.1. The van der Waals surface area contributed by atoms with Gasteiger partial charge in [-0.2, -0.15) is 0 Å². The predicted molar refractivity (Wildman–Crippen MR) is 69.2 cm³/mol. The summed E-state index contributed by atoms with van der Waals surface area (Å²) in [6, 6.07) is 5.82. The molecular weight excluding hydrogens is 248 g/mol. The molecule has 0 aliphatic heterocycles. The number of benzene rings is 1. The molecule has 0 aliphatic carbocycles. The average Bonchev–Trinajstić information content (AvgIpc) is 2.75. The van der Waals surface area contributed by atoms with E-state index in [1.165, 1.54) is 24.5 Å². The molecule has 1 heterocycles. The Kier molecular flexibility index (Phi) is 3.24. The molecule has 0 bridgehead atoms. The van der Waals surface area contributed by atoms with Gasteiger partial charge in [0, 0.05) is 11.3 Å². The van der Waals surface area contributed by atoms with Gasteiger partial charge in [0.2, 0.25) is 0 Å². The number of amides is 1. The van der Waals surface area contributed by atoms with Gasteiger partial charge < -0.3 is 20.6 Å². The van der Waals surface area contributed by atoms with Crippen molar-refractivity contribution in [3.05, 3.63) is 47.4 Å². The van der Waals surface area contributed by atoms with E-state index in [2.05, 4.69) is 5.32 Å². The molecule has 1 aromatic carbocycles. The Balaban J connectivity index is 2.33. The van der Waals surface area contributed by atoms with Crippen LogP contribution in [0.2, 0.25) is 0 Å².